The van der Waals surface area contributed by atoms with Crippen LogP contribution in [0.3, 0.4) is 0 Å². The molecule has 122 valence electrons. The molecular weight excluding hydrogens is 310 g/mol. The first-order valence-electron chi connectivity index (χ1n) is 7.19. The zero-order valence-electron chi connectivity index (χ0n) is 12.8. The van der Waals surface area contributed by atoms with Crippen molar-refractivity contribution in [2.45, 2.75) is 6.10 Å². The summed E-state index contributed by atoms with van der Waals surface area (Å²) in [5, 5.41) is 12.5. The first kappa shape index (κ1) is 15.7. The standard InChI is InChI=1S/C17H15N3O4/c1-24-12-7-5-11(6-8-12)15(21)16(22)19-13-10-18-14-4-2-3-9-20(14)17(13)23/h2-10,15,21H,1H3,(H,19,22). The molecule has 0 saturated heterocycles. The van der Waals surface area contributed by atoms with Gasteiger partial charge in [-0.05, 0) is 29.8 Å². The number of benzene rings is 1. The molecule has 24 heavy (non-hydrogen) atoms. The predicted octanol–water partition coefficient (Wildman–Crippen LogP) is 1.38. The van der Waals surface area contributed by atoms with E-state index in [9.17, 15) is 14.7 Å². The molecule has 3 aromatic rings. The van der Waals surface area contributed by atoms with Gasteiger partial charge in [-0.2, -0.15) is 0 Å². The van der Waals surface area contributed by atoms with Crippen molar-refractivity contribution in [2.24, 2.45) is 0 Å². The normalized spacial score (nSPS) is 11.9. The van der Waals surface area contributed by atoms with Crippen LogP contribution < -0.4 is 15.6 Å². The van der Waals surface area contributed by atoms with E-state index in [-0.39, 0.29) is 5.69 Å². The lowest BCUT2D eigenvalue weighted by atomic mass is 10.1. The summed E-state index contributed by atoms with van der Waals surface area (Å²) in [6, 6.07) is 11.6. The molecule has 3 rings (SSSR count). The maximum atomic E-state index is 12.3. The number of nitrogens with zero attached hydrogens (tertiary/aromatic N) is 2. The molecular formula is C17H15N3O4. The average Bonchev–Trinajstić information content (AvgIpc) is 2.63. The number of hydrogen-bond donors (Lipinski definition) is 2. The summed E-state index contributed by atoms with van der Waals surface area (Å²) in [7, 11) is 1.53. The minimum atomic E-state index is -1.41. The molecule has 1 atom stereocenters. The molecule has 0 bridgehead atoms. The van der Waals surface area contributed by atoms with Gasteiger partial charge in [-0.3, -0.25) is 14.0 Å². The van der Waals surface area contributed by atoms with E-state index in [1.807, 2.05) is 0 Å². The molecule has 0 aliphatic rings. The lowest BCUT2D eigenvalue weighted by Gasteiger charge is -2.12. The molecule has 7 heteroatoms. The van der Waals surface area contributed by atoms with Gasteiger partial charge in [-0.15, -0.1) is 0 Å². The van der Waals surface area contributed by atoms with Crippen molar-refractivity contribution in [3.05, 3.63) is 70.8 Å². The Morgan fingerprint density at radius 2 is 2.00 bits per heavy atom. The van der Waals surface area contributed by atoms with Crippen LogP contribution in [0.25, 0.3) is 5.65 Å². The molecule has 2 heterocycles. The lowest BCUT2D eigenvalue weighted by molar-refractivity contribution is -0.124. The number of aliphatic hydroxyl groups excluding tert-OH is 1. The average molecular weight is 325 g/mol. The van der Waals surface area contributed by atoms with Crippen molar-refractivity contribution < 1.29 is 14.6 Å². The van der Waals surface area contributed by atoms with E-state index in [2.05, 4.69) is 10.3 Å². The Morgan fingerprint density at radius 3 is 2.71 bits per heavy atom. The molecule has 1 aromatic carbocycles. The molecule has 2 N–H and O–H groups in total. The molecule has 0 saturated carbocycles. The van der Waals surface area contributed by atoms with E-state index in [4.69, 9.17) is 4.74 Å². The van der Waals surface area contributed by atoms with Crippen molar-refractivity contribution in [3.8, 4) is 5.75 Å². The fourth-order valence-electron chi connectivity index (χ4n) is 2.25. The minimum Gasteiger partial charge on any atom is -0.497 e. The number of carbonyl (C=O) groups excluding carboxylic acids is 1. The molecule has 2 aromatic heterocycles. The quantitative estimate of drug-likeness (QED) is 0.756. The van der Waals surface area contributed by atoms with Crippen LogP contribution >= 0.6 is 0 Å². The van der Waals surface area contributed by atoms with Gasteiger partial charge in [0.2, 0.25) is 0 Å². The van der Waals surface area contributed by atoms with Gasteiger partial charge in [0.15, 0.2) is 6.10 Å². The number of pyridine rings is 1. The highest BCUT2D eigenvalue weighted by atomic mass is 16.5. The van der Waals surface area contributed by atoms with Gasteiger partial charge in [0.05, 0.1) is 13.3 Å². The monoisotopic (exact) mass is 325 g/mol. The van der Waals surface area contributed by atoms with E-state index >= 15 is 0 Å². The SMILES string of the molecule is COc1ccc(C(O)C(=O)Nc2cnc3ccccn3c2=O)cc1. The number of carbonyl (C=O) groups is 1. The summed E-state index contributed by atoms with van der Waals surface area (Å²) < 4.78 is 6.34. The van der Waals surface area contributed by atoms with Gasteiger partial charge < -0.3 is 15.2 Å². The zero-order chi connectivity index (χ0) is 17.1. The molecule has 0 spiro atoms. The summed E-state index contributed by atoms with van der Waals surface area (Å²) in [5.41, 5.74) is 0.436. The third-order valence-corrected chi connectivity index (χ3v) is 3.55. The first-order valence-corrected chi connectivity index (χ1v) is 7.19. The van der Waals surface area contributed by atoms with Crippen LogP contribution in [0.15, 0.2) is 59.7 Å². The number of methoxy groups -OCH3 is 1. The van der Waals surface area contributed by atoms with E-state index in [0.29, 0.717) is 17.0 Å². The number of fused-ring (bicyclic) bond motifs is 1. The fraction of sp³-hybridized carbons (Fsp3) is 0.118. The number of amides is 1. The van der Waals surface area contributed by atoms with Gasteiger partial charge in [0, 0.05) is 6.20 Å². The summed E-state index contributed by atoms with van der Waals surface area (Å²) >= 11 is 0. The number of aromatic nitrogens is 2. The Balaban J connectivity index is 1.83. The molecule has 0 aliphatic heterocycles. The van der Waals surface area contributed by atoms with Crippen LogP contribution in [-0.4, -0.2) is 27.5 Å². The predicted molar refractivity (Wildman–Crippen MR) is 88.0 cm³/mol. The van der Waals surface area contributed by atoms with Crippen LogP contribution in [0.1, 0.15) is 11.7 Å². The second-order valence-corrected chi connectivity index (χ2v) is 5.07. The fourth-order valence-corrected chi connectivity index (χ4v) is 2.25. The number of ether oxygens (including phenoxy) is 1. The van der Waals surface area contributed by atoms with Gasteiger partial charge >= 0.3 is 0 Å². The van der Waals surface area contributed by atoms with Crippen LogP contribution in [0.2, 0.25) is 0 Å². The maximum absolute atomic E-state index is 12.3. The van der Waals surface area contributed by atoms with E-state index in [0.717, 1.165) is 0 Å². The van der Waals surface area contributed by atoms with E-state index < -0.39 is 17.6 Å². The Hall–Kier alpha value is -3.19. The van der Waals surface area contributed by atoms with Crippen molar-refractivity contribution in [1.82, 2.24) is 9.38 Å². The third-order valence-electron chi connectivity index (χ3n) is 3.55. The van der Waals surface area contributed by atoms with Crippen LogP contribution in [-0.2, 0) is 4.79 Å². The summed E-state index contributed by atoms with van der Waals surface area (Å²) in [6.07, 6.45) is 1.42. The Morgan fingerprint density at radius 1 is 1.25 bits per heavy atom. The van der Waals surface area contributed by atoms with Gasteiger partial charge in [-0.1, -0.05) is 18.2 Å². The first-order chi connectivity index (χ1) is 11.6. The highest BCUT2D eigenvalue weighted by molar-refractivity contribution is 5.94. The van der Waals surface area contributed by atoms with Crippen molar-refractivity contribution in [3.63, 3.8) is 0 Å². The van der Waals surface area contributed by atoms with Crippen LogP contribution in [0, 0.1) is 0 Å². The number of anilines is 1. The number of aliphatic hydroxyl groups is 1. The largest absolute Gasteiger partial charge is 0.497 e. The smallest absolute Gasteiger partial charge is 0.281 e. The Labute approximate surface area is 137 Å². The zero-order valence-corrected chi connectivity index (χ0v) is 12.8. The number of nitrogens with one attached hydrogen (secondary N) is 1. The topological polar surface area (TPSA) is 92.9 Å². The highest BCUT2D eigenvalue weighted by Crippen LogP contribution is 2.18. The van der Waals surface area contributed by atoms with E-state index in [1.54, 1.807) is 48.7 Å². The lowest BCUT2D eigenvalue weighted by Crippen LogP contribution is -2.26. The van der Waals surface area contributed by atoms with Crippen molar-refractivity contribution in [1.29, 1.82) is 0 Å². The second kappa shape index (κ2) is 6.51. The molecule has 1 unspecified atom stereocenters. The molecule has 0 fully saturated rings. The third kappa shape index (κ3) is 2.97. The van der Waals surface area contributed by atoms with E-state index in [1.165, 1.54) is 17.7 Å². The second-order valence-electron chi connectivity index (χ2n) is 5.07. The number of rotatable bonds is 4. The number of hydrogen-bond acceptors (Lipinski definition) is 5. The van der Waals surface area contributed by atoms with Gasteiger partial charge in [0.25, 0.3) is 11.5 Å². The molecule has 7 nitrogen and oxygen atoms in total. The van der Waals surface area contributed by atoms with Crippen LogP contribution in [0.4, 0.5) is 5.69 Å². The van der Waals surface area contributed by atoms with Gasteiger partial charge in [0.1, 0.15) is 17.1 Å². The van der Waals surface area contributed by atoms with Gasteiger partial charge in [-0.25, -0.2) is 4.98 Å². The Kier molecular flexibility index (Phi) is 4.26. The minimum absolute atomic E-state index is 0.00346. The summed E-state index contributed by atoms with van der Waals surface area (Å²) in [6.45, 7) is 0. The van der Waals surface area contributed by atoms with Crippen molar-refractivity contribution in [2.75, 3.05) is 12.4 Å². The molecule has 0 radical (unpaired) electrons. The van der Waals surface area contributed by atoms with Crippen molar-refractivity contribution >= 4 is 17.2 Å². The highest BCUT2D eigenvalue weighted by Gasteiger charge is 2.19. The maximum Gasteiger partial charge on any atom is 0.281 e. The summed E-state index contributed by atoms with van der Waals surface area (Å²) in [4.78, 5) is 28.6. The summed E-state index contributed by atoms with van der Waals surface area (Å²) in [5.74, 6) is -0.0988. The van der Waals surface area contributed by atoms with Crippen LogP contribution in [0.5, 0.6) is 5.75 Å². The molecule has 0 aliphatic carbocycles. The molecule has 1 amide bonds. The Bertz CT molecular complexity index is 934.